The number of carboxylic acids is 1. The normalized spacial score (nSPS) is 16.9. The van der Waals surface area contributed by atoms with Gasteiger partial charge in [0.05, 0.1) is 11.3 Å². The maximum Gasteiger partial charge on any atom is 0.407 e. The molecule has 7 nitrogen and oxygen atoms in total. The second kappa shape index (κ2) is 10.3. The third-order valence-corrected chi connectivity index (χ3v) is 7.24. The van der Waals surface area contributed by atoms with Crippen molar-refractivity contribution in [2.75, 3.05) is 19.7 Å². The first-order valence-corrected chi connectivity index (χ1v) is 12.0. The number of hydrogen-bond donors (Lipinski definition) is 3. The smallest absolute Gasteiger partial charge is 0.407 e. The van der Waals surface area contributed by atoms with Gasteiger partial charge < -0.3 is 20.5 Å². The van der Waals surface area contributed by atoms with E-state index < -0.39 is 23.4 Å². The van der Waals surface area contributed by atoms with E-state index in [1.165, 1.54) is 11.1 Å². The molecule has 1 fully saturated rings. The molecule has 0 bridgehead atoms. The van der Waals surface area contributed by atoms with Crippen LogP contribution in [0.15, 0.2) is 48.5 Å². The molecule has 3 N–H and O–H groups in total. The highest BCUT2D eigenvalue weighted by Gasteiger charge is 2.41. The second-order valence-electron chi connectivity index (χ2n) is 9.45. The molecule has 0 aromatic heterocycles. The number of nitrogens with one attached hydrogen (secondary N) is 2. The van der Waals surface area contributed by atoms with Crippen molar-refractivity contribution in [3.8, 4) is 11.1 Å². The van der Waals surface area contributed by atoms with Gasteiger partial charge in [-0.05, 0) is 41.5 Å². The van der Waals surface area contributed by atoms with Crippen molar-refractivity contribution in [2.45, 2.75) is 44.9 Å². The minimum absolute atomic E-state index is 0.0156. The Bertz CT molecular complexity index is 1010. The van der Waals surface area contributed by atoms with E-state index in [0.717, 1.165) is 24.0 Å². The fourth-order valence-electron chi connectivity index (χ4n) is 5.14. The van der Waals surface area contributed by atoms with Gasteiger partial charge in [0.25, 0.3) is 0 Å². The van der Waals surface area contributed by atoms with E-state index in [0.29, 0.717) is 25.8 Å². The molecule has 0 heterocycles. The number of amides is 2. The average Bonchev–Trinajstić information content (AvgIpc) is 3.45. The molecule has 0 spiro atoms. The summed E-state index contributed by atoms with van der Waals surface area (Å²) in [7, 11) is 0. The Morgan fingerprint density at radius 2 is 1.59 bits per heavy atom. The summed E-state index contributed by atoms with van der Waals surface area (Å²) < 4.78 is 5.62. The van der Waals surface area contributed by atoms with Gasteiger partial charge in [-0.25, -0.2) is 4.79 Å². The first-order valence-electron chi connectivity index (χ1n) is 12.0. The van der Waals surface area contributed by atoms with Gasteiger partial charge in [0.2, 0.25) is 5.91 Å². The molecule has 1 atom stereocenters. The molecular weight excluding hydrogens is 432 g/mol. The van der Waals surface area contributed by atoms with Crippen molar-refractivity contribution in [2.24, 2.45) is 11.3 Å². The van der Waals surface area contributed by atoms with Gasteiger partial charge in [-0.1, -0.05) is 68.3 Å². The zero-order valence-electron chi connectivity index (χ0n) is 19.5. The van der Waals surface area contributed by atoms with Crippen molar-refractivity contribution in [3.05, 3.63) is 59.7 Å². The minimum atomic E-state index is -0.873. The van der Waals surface area contributed by atoms with E-state index in [9.17, 15) is 14.4 Å². The summed E-state index contributed by atoms with van der Waals surface area (Å²) in [5.74, 6) is -1.53. The van der Waals surface area contributed by atoms with Gasteiger partial charge in [-0.15, -0.1) is 0 Å². The predicted octanol–water partition coefficient (Wildman–Crippen LogP) is 4.31. The lowest BCUT2D eigenvalue weighted by Gasteiger charge is -2.28. The van der Waals surface area contributed by atoms with Crippen LogP contribution in [0, 0.1) is 11.3 Å². The first kappa shape index (κ1) is 23.8. The molecule has 180 valence electrons. The maximum atomic E-state index is 12.9. The van der Waals surface area contributed by atoms with Crippen LogP contribution in [0.2, 0.25) is 0 Å². The molecule has 4 rings (SSSR count). The Balaban J connectivity index is 1.32. The molecule has 1 unspecified atom stereocenters. The Hall–Kier alpha value is -3.35. The molecule has 7 heteroatoms. The second-order valence-corrected chi connectivity index (χ2v) is 9.45. The highest BCUT2D eigenvalue weighted by Crippen LogP contribution is 2.44. The fraction of sp³-hybridized carbons (Fsp3) is 0.444. The van der Waals surface area contributed by atoms with Crippen molar-refractivity contribution >= 4 is 18.0 Å². The molecule has 0 saturated heterocycles. The predicted molar refractivity (Wildman–Crippen MR) is 128 cm³/mol. The Morgan fingerprint density at radius 1 is 1.00 bits per heavy atom. The van der Waals surface area contributed by atoms with Gasteiger partial charge in [0.15, 0.2) is 0 Å². The molecule has 2 amide bonds. The number of carboxylic acid groups (broad SMARTS) is 1. The van der Waals surface area contributed by atoms with Gasteiger partial charge in [0, 0.05) is 19.0 Å². The number of aliphatic carboxylic acids is 1. The van der Waals surface area contributed by atoms with Crippen molar-refractivity contribution in [1.82, 2.24) is 10.6 Å². The highest BCUT2D eigenvalue weighted by molar-refractivity contribution is 5.84. The van der Waals surface area contributed by atoms with E-state index in [4.69, 9.17) is 9.84 Å². The molecule has 2 aromatic rings. The summed E-state index contributed by atoms with van der Waals surface area (Å²) in [6.45, 7) is 2.37. The van der Waals surface area contributed by atoms with E-state index in [2.05, 4.69) is 34.9 Å². The van der Waals surface area contributed by atoms with Crippen LogP contribution in [-0.2, 0) is 14.3 Å². The zero-order chi connectivity index (χ0) is 24.1. The molecule has 0 aliphatic heterocycles. The molecule has 1 saturated carbocycles. The van der Waals surface area contributed by atoms with E-state index >= 15 is 0 Å². The van der Waals surface area contributed by atoms with Crippen molar-refractivity contribution in [3.63, 3.8) is 0 Å². The standard InChI is InChI=1S/C27H32N2O5/c1-18(24(30)31)12-15-28-25(32)27(13-6-7-14-27)17-29-26(33)34-16-23-21-10-4-2-8-19(21)20-9-3-5-11-22(20)23/h2-5,8-11,18,23H,6-7,12-17H2,1H3,(H,28,32)(H,29,33)(H,30,31). The molecule has 2 aromatic carbocycles. The Labute approximate surface area is 199 Å². The molecule has 34 heavy (non-hydrogen) atoms. The third kappa shape index (κ3) is 4.93. The topological polar surface area (TPSA) is 105 Å². The summed E-state index contributed by atoms with van der Waals surface area (Å²) in [5, 5.41) is 14.7. The molecule has 2 aliphatic carbocycles. The number of alkyl carbamates (subject to hydrolysis) is 1. The Kier molecular flexibility index (Phi) is 7.20. The Morgan fingerprint density at radius 3 is 2.18 bits per heavy atom. The van der Waals surface area contributed by atoms with Crippen LogP contribution < -0.4 is 10.6 Å². The van der Waals surface area contributed by atoms with Crippen LogP contribution in [0.1, 0.15) is 56.1 Å². The van der Waals surface area contributed by atoms with Crippen LogP contribution in [0.4, 0.5) is 4.79 Å². The van der Waals surface area contributed by atoms with E-state index in [1.54, 1.807) is 6.92 Å². The largest absolute Gasteiger partial charge is 0.481 e. The number of ether oxygens (including phenoxy) is 1. The zero-order valence-corrected chi connectivity index (χ0v) is 19.5. The fourth-order valence-corrected chi connectivity index (χ4v) is 5.14. The summed E-state index contributed by atoms with van der Waals surface area (Å²) in [4.78, 5) is 36.5. The number of rotatable bonds is 9. The monoisotopic (exact) mass is 464 g/mol. The molecular formula is C27H32N2O5. The average molecular weight is 465 g/mol. The van der Waals surface area contributed by atoms with Crippen molar-refractivity contribution < 1.29 is 24.2 Å². The number of carbonyl (C=O) groups excluding carboxylic acids is 2. The van der Waals surface area contributed by atoms with Crippen LogP contribution in [0.5, 0.6) is 0 Å². The number of hydrogen-bond acceptors (Lipinski definition) is 4. The van der Waals surface area contributed by atoms with Crippen LogP contribution in [0.25, 0.3) is 11.1 Å². The number of benzene rings is 2. The van der Waals surface area contributed by atoms with Crippen LogP contribution in [-0.4, -0.2) is 42.8 Å². The molecule has 0 radical (unpaired) electrons. The lowest BCUT2D eigenvalue weighted by Crippen LogP contribution is -2.47. The summed E-state index contributed by atoms with van der Waals surface area (Å²) in [5.41, 5.74) is 3.98. The quantitative estimate of drug-likeness (QED) is 0.513. The number of fused-ring (bicyclic) bond motifs is 3. The summed E-state index contributed by atoms with van der Waals surface area (Å²) >= 11 is 0. The maximum absolute atomic E-state index is 12.9. The van der Waals surface area contributed by atoms with Crippen LogP contribution >= 0.6 is 0 Å². The summed E-state index contributed by atoms with van der Waals surface area (Å²) in [6.07, 6.45) is 3.07. The highest BCUT2D eigenvalue weighted by atomic mass is 16.5. The van der Waals surface area contributed by atoms with Crippen LogP contribution in [0.3, 0.4) is 0 Å². The third-order valence-electron chi connectivity index (χ3n) is 7.24. The molecule has 2 aliphatic rings. The lowest BCUT2D eigenvalue weighted by atomic mass is 9.85. The van der Waals surface area contributed by atoms with Gasteiger partial charge in [0.1, 0.15) is 6.61 Å². The SMILES string of the molecule is CC(CCNC(=O)C1(CNC(=O)OCC2c3ccccc3-c3ccccc32)CCCC1)C(=O)O. The van der Waals surface area contributed by atoms with E-state index in [-0.39, 0.29) is 25.0 Å². The van der Waals surface area contributed by atoms with E-state index in [1.807, 2.05) is 24.3 Å². The van der Waals surface area contributed by atoms with Crippen molar-refractivity contribution in [1.29, 1.82) is 0 Å². The lowest BCUT2D eigenvalue weighted by molar-refractivity contribution is -0.141. The number of carbonyl (C=O) groups is 3. The van der Waals surface area contributed by atoms with Gasteiger partial charge in [-0.2, -0.15) is 0 Å². The first-order chi connectivity index (χ1) is 16.4. The minimum Gasteiger partial charge on any atom is -0.481 e. The van der Waals surface area contributed by atoms with Gasteiger partial charge >= 0.3 is 12.1 Å². The summed E-state index contributed by atoms with van der Waals surface area (Å²) in [6, 6.07) is 16.4. The van der Waals surface area contributed by atoms with Gasteiger partial charge in [-0.3, -0.25) is 9.59 Å².